The van der Waals surface area contributed by atoms with Crippen molar-refractivity contribution in [3.8, 4) is 0 Å². The third-order valence-electron chi connectivity index (χ3n) is 5.25. The van der Waals surface area contributed by atoms with Crippen molar-refractivity contribution in [2.24, 2.45) is 5.41 Å². The molecule has 0 aromatic carbocycles. The second-order valence-electron chi connectivity index (χ2n) is 6.72. The van der Waals surface area contributed by atoms with E-state index in [2.05, 4.69) is 16.7 Å². The van der Waals surface area contributed by atoms with Crippen LogP contribution in [0.5, 0.6) is 0 Å². The summed E-state index contributed by atoms with van der Waals surface area (Å²) in [5, 5.41) is 0. The van der Waals surface area contributed by atoms with Crippen molar-refractivity contribution in [1.82, 2.24) is 9.80 Å². The zero-order valence-electron chi connectivity index (χ0n) is 11.7. The Kier molecular flexibility index (Phi) is 3.35. The number of carbonyl (C=O) groups is 1. The molecule has 2 saturated heterocycles. The minimum atomic E-state index is -0.0903. The average molecular weight is 250 g/mol. The Bertz CT molecular complexity index is 318. The molecule has 0 N–H and O–H groups in total. The van der Waals surface area contributed by atoms with Gasteiger partial charge in [-0.1, -0.05) is 12.8 Å². The fourth-order valence-electron chi connectivity index (χ4n) is 4.05. The Hall–Kier alpha value is -0.570. The number of hydrogen-bond donors (Lipinski definition) is 0. The van der Waals surface area contributed by atoms with Crippen LogP contribution in [0.25, 0.3) is 0 Å². The number of likely N-dealkylation sites (tertiary alicyclic amines) is 2. The molecule has 1 aliphatic carbocycles. The van der Waals surface area contributed by atoms with Gasteiger partial charge < -0.3 is 4.90 Å². The highest BCUT2D eigenvalue weighted by Crippen LogP contribution is 2.37. The van der Waals surface area contributed by atoms with Gasteiger partial charge in [0.1, 0.15) is 0 Å². The highest BCUT2D eigenvalue weighted by Gasteiger charge is 2.44. The summed E-state index contributed by atoms with van der Waals surface area (Å²) in [5.74, 6) is 0.431. The molecule has 1 amide bonds. The van der Waals surface area contributed by atoms with Crippen molar-refractivity contribution < 1.29 is 4.79 Å². The van der Waals surface area contributed by atoms with Crippen LogP contribution < -0.4 is 0 Å². The maximum Gasteiger partial charge on any atom is 0.229 e. The molecule has 3 nitrogen and oxygen atoms in total. The number of nitrogens with zero attached hydrogens (tertiary/aromatic N) is 2. The van der Waals surface area contributed by atoms with Crippen molar-refractivity contribution >= 4 is 5.91 Å². The largest absolute Gasteiger partial charge is 0.342 e. The Labute approximate surface area is 111 Å². The van der Waals surface area contributed by atoms with E-state index < -0.39 is 0 Å². The molecular formula is C15H26N2O. The SMILES string of the molecule is CC1(C(=O)N2CCCC2)CCN(C2CCCC2)C1. The lowest BCUT2D eigenvalue weighted by Gasteiger charge is -2.30. The molecule has 1 atom stereocenters. The monoisotopic (exact) mass is 250 g/mol. The highest BCUT2D eigenvalue weighted by atomic mass is 16.2. The smallest absolute Gasteiger partial charge is 0.229 e. The van der Waals surface area contributed by atoms with Crippen molar-refractivity contribution in [1.29, 1.82) is 0 Å². The zero-order chi connectivity index (χ0) is 12.6. The summed E-state index contributed by atoms with van der Waals surface area (Å²) in [4.78, 5) is 17.3. The van der Waals surface area contributed by atoms with E-state index in [-0.39, 0.29) is 5.41 Å². The van der Waals surface area contributed by atoms with Gasteiger partial charge in [0, 0.05) is 25.7 Å². The van der Waals surface area contributed by atoms with Gasteiger partial charge in [0.05, 0.1) is 5.41 Å². The first-order valence-corrected chi connectivity index (χ1v) is 7.72. The van der Waals surface area contributed by atoms with Crippen LogP contribution in [0.15, 0.2) is 0 Å². The van der Waals surface area contributed by atoms with E-state index >= 15 is 0 Å². The molecule has 18 heavy (non-hydrogen) atoms. The van der Waals surface area contributed by atoms with Gasteiger partial charge in [-0.2, -0.15) is 0 Å². The first kappa shape index (κ1) is 12.5. The van der Waals surface area contributed by atoms with Crippen LogP contribution in [0, 0.1) is 5.41 Å². The molecule has 3 heteroatoms. The standard InChI is InChI=1S/C15H26N2O/c1-15(14(18)16-9-4-5-10-16)8-11-17(12-15)13-6-2-3-7-13/h13H,2-12H2,1H3. The lowest BCUT2D eigenvalue weighted by molar-refractivity contribution is -0.139. The fraction of sp³-hybridized carbons (Fsp3) is 0.933. The van der Waals surface area contributed by atoms with Crippen molar-refractivity contribution in [3.05, 3.63) is 0 Å². The summed E-state index contributed by atoms with van der Waals surface area (Å²) in [6.07, 6.45) is 8.96. The van der Waals surface area contributed by atoms with Crippen LogP contribution in [0.1, 0.15) is 51.9 Å². The van der Waals surface area contributed by atoms with Gasteiger partial charge in [0.25, 0.3) is 0 Å². The van der Waals surface area contributed by atoms with Crippen LogP contribution in [-0.2, 0) is 4.79 Å². The first-order chi connectivity index (χ1) is 8.69. The maximum atomic E-state index is 12.6. The molecule has 2 heterocycles. The van der Waals surface area contributed by atoms with E-state index in [0.29, 0.717) is 5.91 Å². The molecule has 3 aliphatic rings. The lowest BCUT2D eigenvalue weighted by atomic mass is 9.88. The summed E-state index contributed by atoms with van der Waals surface area (Å²) in [5.41, 5.74) is -0.0903. The number of hydrogen-bond acceptors (Lipinski definition) is 2. The Morgan fingerprint density at radius 2 is 1.72 bits per heavy atom. The molecule has 1 unspecified atom stereocenters. The van der Waals surface area contributed by atoms with Gasteiger partial charge in [-0.25, -0.2) is 0 Å². The Morgan fingerprint density at radius 3 is 2.39 bits per heavy atom. The molecule has 0 radical (unpaired) electrons. The van der Waals surface area contributed by atoms with Crippen LogP contribution in [0.3, 0.4) is 0 Å². The summed E-state index contributed by atoms with van der Waals surface area (Å²) in [6, 6.07) is 0.776. The molecule has 0 spiro atoms. The number of carbonyl (C=O) groups excluding carboxylic acids is 1. The molecule has 0 bridgehead atoms. The maximum absolute atomic E-state index is 12.6. The molecule has 3 rings (SSSR count). The minimum Gasteiger partial charge on any atom is -0.342 e. The van der Waals surface area contributed by atoms with Crippen molar-refractivity contribution in [2.75, 3.05) is 26.2 Å². The molecule has 102 valence electrons. The highest BCUT2D eigenvalue weighted by molar-refractivity contribution is 5.83. The second-order valence-corrected chi connectivity index (χ2v) is 6.72. The molecule has 0 aromatic heterocycles. The third kappa shape index (κ3) is 2.18. The van der Waals surface area contributed by atoms with Crippen molar-refractivity contribution in [2.45, 2.75) is 57.9 Å². The van der Waals surface area contributed by atoms with E-state index in [0.717, 1.165) is 38.6 Å². The Balaban J connectivity index is 1.63. The van der Waals surface area contributed by atoms with Gasteiger partial charge in [-0.15, -0.1) is 0 Å². The molecule has 2 aliphatic heterocycles. The van der Waals surface area contributed by atoms with Gasteiger partial charge in [-0.3, -0.25) is 9.69 Å². The lowest BCUT2D eigenvalue weighted by Crippen LogP contribution is -2.43. The Morgan fingerprint density at radius 1 is 1.06 bits per heavy atom. The molecule has 3 fully saturated rings. The normalized spacial score (nSPS) is 34.6. The van der Waals surface area contributed by atoms with E-state index in [1.165, 1.54) is 38.5 Å². The van der Waals surface area contributed by atoms with Crippen LogP contribution >= 0.6 is 0 Å². The molecule has 0 aromatic rings. The van der Waals surface area contributed by atoms with E-state index in [4.69, 9.17) is 0 Å². The van der Waals surface area contributed by atoms with Crippen LogP contribution in [0.4, 0.5) is 0 Å². The third-order valence-corrected chi connectivity index (χ3v) is 5.25. The fourth-order valence-corrected chi connectivity index (χ4v) is 4.05. The molecule has 1 saturated carbocycles. The van der Waals surface area contributed by atoms with Crippen molar-refractivity contribution in [3.63, 3.8) is 0 Å². The van der Waals surface area contributed by atoms with Gasteiger partial charge in [-0.05, 0) is 45.6 Å². The number of rotatable bonds is 2. The summed E-state index contributed by atoms with van der Waals surface area (Å²) >= 11 is 0. The van der Waals surface area contributed by atoms with E-state index in [1.807, 2.05) is 0 Å². The van der Waals surface area contributed by atoms with E-state index in [1.54, 1.807) is 0 Å². The predicted molar refractivity (Wildman–Crippen MR) is 72.4 cm³/mol. The first-order valence-electron chi connectivity index (χ1n) is 7.72. The number of amides is 1. The topological polar surface area (TPSA) is 23.6 Å². The zero-order valence-corrected chi connectivity index (χ0v) is 11.7. The average Bonchev–Trinajstić information content (AvgIpc) is 3.10. The summed E-state index contributed by atoms with van der Waals surface area (Å²) in [6.45, 7) is 6.34. The van der Waals surface area contributed by atoms with Gasteiger partial charge >= 0.3 is 0 Å². The molecular weight excluding hydrogens is 224 g/mol. The van der Waals surface area contributed by atoms with Crippen LogP contribution in [0.2, 0.25) is 0 Å². The summed E-state index contributed by atoms with van der Waals surface area (Å²) in [7, 11) is 0. The van der Waals surface area contributed by atoms with Gasteiger partial charge in [0.15, 0.2) is 0 Å². The van der Waals surface area contributed by atoms with Crippen LogP contribution in [-0.4, -0.2) is 47.9 Å². The van der Waals surface area contributed by atoms with E-state index in [9.17, 15) is 4.79 Å². The quantitative estimate of drug-likeness (QED) is 0.750. The second kappa shape index (κ2) is 4.84. The summed E-state index contributed by atoms with van der Waals surface area (Å²) < 4.78 is 0. The van der Waals surface area contributed by atoms with Gasteiger partial charge in [0.2, 0.25) is 5.91 Å². The minimum absolute atomic E-state index is 0.0903. The predicted octanol–water partition coefficient (Wildman–Crippen LogP) is 2.26.